The zero-order valence-electron chi connectivity index (χ0n) is 7.18. The predicted octanol–water partition coefficient (Wildman–Crippen LogP) is 0.389. The Labute approximate surface area is 78.1 Å². The number of carboxylic acid groups (broad SMARTS) is 1. The largest absolute Gasteiger partial charge is 0.490 e. The second kappa shape index (κ2) is 6.77. The molecule has 0 fully saturated rings. The molecular formula is C7H8F3NO3. The van der Waals surface area contributed by atoms with Crippen LogP contribution in [0.25, 0.3) is 0 Å². The lowest BCUT2D eigenvalue weighted by atomic mass is 10.6. The first-order chi connectivity index (χ1) is 6.21. The smallest absolute Gasteiger partial charge is 0.475 e. The zero-order chi connectivity index (χ0) is 11.8. The van der Waals surface area contributed by atoms with Crippen molar-refractivity contribution in [3.05, 3.63) is 0 Å². The van der Waals surface area contributed by atoms with E-state index in [-0.39, 0.29) is 5.91 Å². The minimum atomic E-state index is -5.08. The van der Waals surface area contributed by atoms with Gasteiger partial charge in [-0.2, -0.15) is 13.2 Å². The Hall–Kier alpha value is -1.71. The van der Waals surface area contributed by atoms with Crippen LogP contribution in [0.3, 0.4) is 0 Å². The average molecular weight is 211 g/mol. The molecule has 0 unspecified atom stereocenters. The Bertz CT molecular complexity index is 242. The molecule has 0 heterocycles. The molecule has 0 aromatic heterocycles. The van der Waals surface area contributed by atoms with Gasteiger partial charge >= 0.3 is 12.1 Å². The summed E-state index contributed by atoms with van der Waals surface area (Å²) in [6.45, 7) is 1.76. The summed E-state index contributed by atoms with van der Waals surface area (Å²) in [5, 5.41) is 9.55. The van der Waals surface area contributed by atoms with Crippen molar-refractivity contribution in [3.8, 4) is 12.3 Å². The summed E-state index contributed by atoms with van der Waals surface area (Å²) < 4.78 is 31.7. The molecule has 0 aliphatic carbocycles. The monoisotopic (exact) mass is 211 g/mol. The van der Waals surface area contributed by atoms with E-state index < -0.39 is 12.1 Å². The van der Waals surface area contributed by atoms with Crippen LogP contribution in [0.1, 0.15) is 6.92 Å². The molecular weight excluding hydrogens is 203 g/mol. The first-order valence-electron chi connectivity index (χ1n) is 3.19. The molecule has 0 spiro atoms. The second-order valence-electron chi connectivity index (χ2n) is 1.92. The quantitative estimate of drug-likeness (QED) is 0.616. The number of carbonyl (C=O) groups excluding carboxylic acids is 1. The van der Waals surface area contributed by atoms with Crippen LogP contribution >= 0.6 is 0 Å². The zero-order valence-corrected chi connectivity index (χ0v) is 7.18. The maximum Gasteiger partial charge on any atom is 0.490 e. The second-order valence-corrected chi connectivity index (χ2v) is 1.92. The maximum atomic E-state index is 10.6. The summed E-state index contributed by atoms with van der Waals surface area (Å²) in [5.41, 5.74) is 0. The number of alkyl halides is 3. The van der Waals surface area contributed by atoms with Crippen LogP contribution in [0.15, 0.2) is 0 Å². The lowest BCUT2D eigenvalue weighted by Crippen LogP contribution is -2.21. The summed E-state index contributed by atoms with van der Waals surface area (Å²) in [6.07, 6.45) is -0.271. The maximum absolute atomic E-state index is 10.6. The minimum Gasteiger partial charge on any atom is -0.475 e. The van der Waals surface area contributed by atoms with Crippen LogP contribution in [0.2, 0.25) is 0 Å². The number of hydrogen-bond acceptors (Lipinski definition) is 2. The molecule has 0 aliphatic rings. The highest BCUT2D eigenvalue weighted by Gasteiger charge is 2.38. The SMILES string of the molecule is C#CCNC(C)=O.O=C(O)C(F)(F)F. The molecule has 0 radical (unpaired) electrons. The third-order valence-corrected chi connectivity index (χ3v) is 0.682. The average Bonchev–Trinajstić information content (AvgIpc) is 2.00. The fourth-order valence-electron chi connectivity index (χ4n) is 0.176. The molecule has 0 aromatic rings. The van der Waals surface area contributed by atoms with Crippen molar-refractivity contribution < 1.29 is 27.9 Å². The molecule has 0 aromatic carbocycles. The van der Waals surface area contributed by atoms with Crippen molar-refractivity contribution in [1.82, 2.24) is 5.32 Å². The van der Waals surface area contributed by atoms with E-state index in [1.54, 1.807) is 0 Å². The minimum absolute atomic E-state index is 0.0852. The third kappa shape index (κ3) is 12.9. The molecule has 0 atom stereocenters. The Morgan fingerprint density at radius 1 is 1.50 bits per heavy atom. The van der Waals surface area contributed by atoms with Crippen LogP contribution < -0.4 is 5.32 Å². The number of nitrogens with one attached hydrogen (secondary N) is 1. The van der Waals surface area contributed by atoms with Crippen molar-refractivity contribution in [1.29, 1.82) is 0 Å². The molecule has 1 amide bonds. The van der Waals surface area contributed by atoms with E-state index in [0.29, 0.717) is 6.54 Å². The molecule has 80 valence electrons. The Kier molecular flexibility index (Phi) is 7.15. The first-order valence-corrected chi connectivity index (χ1v) is 3.19. The van der Waals surface area contributed by atoms with E-state index in [4.69, 9.17) is 16.3 Å². The molecule has 2 N–H and O–H groups in total. The lowest BCUT2D eigenvalue weighted by Gasteiger charge is -1.93. The molecule has 0 rings (SSSR count). The molecule has 4 nitrogen and oxygen atoms in total. The molecule has 7 heteroatoms. The number of halogens is 3. The first kappa shape index (κ1) is 14.8. The number of hydrogen-bond donors (Lipinski definition) is 2. The fraction of sp³-hybridized carbons (Fsp3) is 0.429. The highest BCUT2D eigenvalue weighted by atomic mass is 19.4. The van der Waals surface area contributed by atoms with E-state index in [1.165, 1.54) is 6.92 Å². The van der Waals surface area contributed by atoms with Gasteiger partial charge in [0, 0.05) is 6.92 Å². The summed E-state index contributed by atoms with van der Waals surface area (Å²) >= 11 is 0. The van der Waals surface area contributed by atoms with Crippen molar-refractivity contribution >= 4 is 11.9 Å². The van der Waals surface area contributed by atoms with Gasteiger partial charge < -0.3 is 10.4 Å². The van der Waals surface area contributed by atoms with Crippen LogP contribution in [0.4, 0.5) is 13.2 Å². The summed E-state index contributed by atoms with van der Waals surface area (Å²) in [5.74, 6) is -0.575. The number of aliphatic carboxylic acids is 1. The van der Waals surface area contributed by atoms with Crippen LogP contribution in [-0.4, -0.2) is 29.7 Å². The van der Waals surface area contributed by atoms with Gasteiger partial charge in [-0.15, -0.1) is 6.42 Å². The van der Waals surface area contributed by atoms with Crippen molar-refractivity contribution in [3.63, 3.8) is 0 Å². The van der Waals surface area contributed by atoms with Gasteiger partial charge in [-0.05, 0) is 0 Å². The fourth-order valence-corrected chi connectivity index (χ4v) is 0.176. The van der Waals surface area contributed by atoms with Gasteiger partial charge in [0.15, 0.2) is 0 Å². The molecule has 14 heavy (non-hydrogen) atoms. The predicted molar refractivity (Wildman–Crippen MR) is 41.2 cm³/mol. The van der Waals surface area contributed by atoms with Crippen LogP contribution in [0, 0.1) is 12.3 Å². The topological polar surface area (TPSA) is 66.4 Å². The summed E-state index contributed by atoms with van der Waals surface area (Å²) in [4.78, 5) is 18.9. The highest BCUT2D eigenvalue weighted by molar-refractivity contribution is 5.73. The van der Waals surface area contributed by atoms with E-state index in [0.717, 1.165) is 0 Å². The molecule has 0 bridgehead atoms. The van der Waals surface area contributed by atoms with Gasteiger partial charge in [0.05, 0.1) is 6.54 Å². The Morgan fingerprint density at radius 2 is 1.86 bits per heavy atom. The van der Waals surface area contributed by atoms with Crippen LogP contribution in [0.5, 0.6) is 0 Å². The standard InChI is InChI=1S/C5H7NO.C2HF3O2/c1-3-4-6-5(2)7;3-2(4,5)1(6)7/h1H,4H2,2H3,(H,6,7);(H,6,7). The van der Waals surface area contributed by atoms with Crippen molar-refractivity contribution in [2.75, 3.05) is 6.54 Å². The number of rotatable bonds is 1. The molecule has 0 saturated carbocycles. The molecule has 0 aliphatic heterocycles. The van der Waals surface area contributed by atoms with E-state index in [2.05, 4.69) is 11.2 Å². The summed E-state index contributed by atoms with van der Waals surface area (Å²) in [6, 6.07) is 0. The Morgan fingerprint density at radius 3 is 1.93 bits per heavy atom. The van der Waals surface area contributed by atoms with Gasteiger partial charge in [0.25, 0.3) is 0 Å². The highest BCUT2D eigenvalue weighted by Crippen LogP contribution is 2.13. The number of amides is 1. The van der Waals surface area contributed by atoms with E-state index in [1.807, 2.05) is 0 Å². The summed E-state index contributed by atoms with van der Waals surface area (Å²) in [7, 11) is 0. The number of terminal acetylenes is 1. The van der Waals surface area contributed by atoms with Crippen molar-refractivity contribution in [2.24, 2.45) is 0 Å². The van der Waals surface area contributed by atoms with Crippen molar-refractivity contribution in [2.45, 2.75) is 13.1 Å². The van der Waals surface area contributed by atoms with Crippen LogP contribution in [-0.2, 0) is 9.59 Å². The lowest BCUT2D eigenvalue weighted by molar-refractivity contribution is -0.192. The molecule has 0 saturated heterocycles. The van der Waals surface area contributed by atoms with Gasteiger partial charge in [-0.25, -0.2) is 4.79 Å². The number of carbonyl (C=O) groups is 2. The van der Waals surface area contributed by atoms with Gasteiger partial charge in [0.2, 0.25) is 5.91 Å². The normalized spacial score (nSPS) is 9.07. The number of carboxylic acids is 1. The van der Waals surface area contributed by atoms with E-state index >= 15 is 0 Å². The third-order valence-electron chi connectivity index (χ3n) is 0.682. The van der Waals surface area contributed by atoms with Gasteiger partial charge in [0.1, 0.15) is 0 Å². The van der Waals surface area contributed by atoms with Gasteiger partial charge in [-0.1, -0.05) is 5.92 Å². The van der Waals surface area contributed by atoms with E-state index in [9.17, 15) is 18.0 Å². The Balaban J connectivity index is 0. The van der Waals surface area contributed by atoms with Gasteiger partial charge in [-0.3, -0.25) is 4.79 Å².